The SMILES string of the molecule is CNC(=O)C(N)Cc1ccc2nc[nH]c2c1. The third-order valence-electron chi connectivity index (χ3n) is 2.52. The molecule has 0 aliphatic heterocycles. The van der Waals surface area contributed by atoms with Gasteiger partial charge in [0, 0.05) is 7.05 Å². The van der Waals surface area contributed by atoms with Crippen molar-refractivity contribution in [1.29, 1.82) is 0 Å². The second-order valence-electron chi connectivity index (χ2n) is 3.68. The van der Waals surface area contributed by atoms with E-state index in [1.54, 1.807) is 13.4 Å². The zero-order chi connectivity index (χ0) is 11.5. The Bertz CT molecular complexity index is 505. The number of nitrogens with zero attached hydrogens (tertiary/aromatic N) is 1. The van der Waals surface area contributed by atoms with E-state index in [4.69, 9.17) is 5.73 Å². The summed E-state index contributed by atoms with van der Waals surface area (Å²) in [5, 5.41) is 2.53. The summed E-state index contributed by atoms with van der Waals surface area (Å²) in [6.07, 6.45) is 2.17. The fraction of sp³-hybridized carbons (Fsp3) is 0.273. The topological polar surface area (TPSA) is 83.8 Å². The lowest BCUT2D eigenvalue weighted by Gasteiger charge is -2.09. The fourth-order valence-corrected chi connectivity index (χ4v) is 1.64. The molecule has 84 valence electrons. The molecule has 2 rings (SSSR count). The van der Waals surface area contributed by atoms with E-state index in [-0.39, 0.29) is 5.91 Å². The zero-order valence-electron chi connectivity index (χ0n) is 9.03. The molecule has 1 aromatic carbocycles. The van der Waals surface area contributed by atoms with Crippen LogP contribution in [0.2, 0.25) is 0 Å². The summed E-state index contributed by atoms with van der Waals surface area (Å²) in [6.45, 7) is 0. The quantitative estimate of drug-likeness (QED) is 0.687. The van der Waals surface area contributed by atoms with Gasteiger partial charge >= 0.3 is 0 Å². The number of amides is 1. The van der Waals surface area contributed by atoms with Crippen LogP contribution in [0.1, 0.15) is 5.56 Å². The van der Waals surface area contributed by atoms with Crippen molar-refractivity contribution < 1.29 is 4.79 Å². The Morgan fingerprint density at radius 3 is 3.19 bits per heavy atom. The summed E-state index contributed by atoms with van der Waals surface area (Å²) >= 11 is 0. The van der Waals surface area contributed by atoms with Crippen LogP contribution in [0.5, 0.6) is 0 Å². The lowest BCUT2D eigenvalue weighted by Crippen LogP contribution is -2.40. The van der Waals surface area contributed by atoms with Crippen molar-refractivity contribution in [2.24, 2.45) is 5.73 Å². The smallest absolute Gasteiger partial charge is 0.237 e. The van der Waals surface area contributed by atoms with Gasteiger partial charge in [-0.2, -0.15) is 0 Å². The molecule has 0 spiro atoms. The highest BCUT2D eigenvalue weighted by molar-refractivity contribution is 5.82. The molecule has 0 radical (unpaired) electrons. The number of benzene rings is 1. The number of carbonyl (C=O) groups excluding carboxylic acids is 1. The number of rotatable bonds is 3. The first-order valence-corrected chi connectivity index (χ1v) is 5.10. The van der Waals surface area contributed by atoms with Gasteiger partial charge in [-0.1, -0.05) is 6.07 Å². The Morgan fingerprint density at radius 2 is 2.44 bits per heavy atom. The van der Waals surface area contributed by atoms with Gasteiger partial charge in [0.2, 0.25) is 5.91 Å². The number of fused-ring (bicyclic) bond motifs is 1. The molecule has 0 bridgehead atoms. The minimum absolute atomic E-state index is 0.148. The molecule has 1 heterocycles. The predicted molar refractivity (Wildman–Crippen MR) is 61.8 cm³/mol. The van der Waals surface area contributed by atoms with Crippen LogP contribution >= 0.6 is 0 Å². The molecule has 0 fully saturated rings. The molecule has 0 aliphatic carbocycles. The number of likely N-dealkylation sites (N-methyl/N-ethyl adjacent to an activating group) is 1. The highest BCUT2D eigenvalue weighted by Gasteiger charge is 2.12. The Balaban J connectivity index is 2.17. The largest absolute Gasteiger partial charge is 0.358 e. The van der Waals surface area contributed by atoms with Gasteiger partial charge in [-0.05, 0) is 24.1 Å². The molecule has 5 nitrogen and oxygen atoms in total. The normalized spacial score (nSPS) is 12.6. The van der Waals surface area contributed by atoms with E-state index in [0.29, 0.717) is 6.42 Å². The standard InChI is InChI=1S/C11H14N4O/c1-13-11(16)8(12)4-7-2-3-9-10(5-7)15-6-14-9/h2-3,5-6,8H,4,12H2,1H3,(H,13,16)(H,14,15). The molecule has 2 aromatic rings. The van der Waals surface area contributed by atoms with Crippen molar-refractivity contribution in [3.8, 4) is 0 Å². The van der Waals surface area contributed by atoms with Gasteiger partial charge in [0.1, 0.15) is 0 Å². The highest BCUT2D eigenvalue weighted by atomic mass is 16.2. The Kier molecular flexibility index (Phi) is 2.87. The van der Waals surface area contributed by atoms with Crippen molar-refractivity contribution in [2.45, 2.75) is 12.5 Å². The summed E-state index contributed by atoms with van der Waals surface area (Å²) < 4.78 is 0. The number of hydrogen-bond donors (Lipinski definition) is 3. The van der Waals surface area contributed by atoms with Crippen LogP contribution in [0.15, 0.2) is 24.5 Å². The van der Waals surface area contributed by atoms with E-state index in [0.717, 1.165) is 16.6 Å². The molecule has 0 aliphatic rings. The van der Waals surface area contributed by atoms with Crippen molar-refractivity contribution >= 4 is 16.9 Å². The van der Waals surface area contributed by atoms with E-state index in [9.17, 15) is 4.79 Å². The van der Waals surface area contributed by atoms with E-state index < -0.39 is 6.04 Å². The van der Waals surface area contributed by atoms with Crippen molar-refractivity contribution in [3.05, 3.63) is 30.1 Å². The number of aromatic amines is 1. The van der Waals surface area contributed by atoms with Gasteiger partial charge in [-0.25, -0.2) is 4.98 Å². The predicted octanol–water partition coefficient (Wildman–Crippen LogP) is 0.179. The molecule has 16 heavy (non-hydrogen) atoms. The summed E-state index contributed by atoms with van der Waals surface area (Å²) in [4.78, 5) is 18.4. The highest BCUT2D eigenvalue weighted by Crippen LogP contribution is 2.12. The number of nitrogens with one attached hydrogen (secondary N) is 2. The van der Waals surface area contributed by atoms with Gasteiger partial charge in [0.25, 0.3) is 0 Å². The first-order chi connectivity index (χ1) is 7.70. The Hall–Kier alpha value is -1.88. The molecule has 4 N–H and O–H groups in total. The monoisotopic (exact) mass is 218 g/mol. The molecule has 0 saturated heterocycles. The maximum Gasteiger partial charge on any atom is 0.237 e. The molecule has 1 unspecified atom stereocenters. The third-order valence-corrected chi connectivity index (χ3v) is 2.52. The Morgan fingerprint density at radius 1 is 1.62 bits per heavy atom. The van der Waals surface area contributed by atoms with Crippen LogP contribution in [-0.4, -0.2) is 29.0 Å². The van der Waals surface area contributed by atoms with Gasteiger partial charge in [-0.15, -0.1) is 0 Å². The van der Waals surface area contributed by atoms with Crippen molar-refractivity contribution in [1.82, 2.24) is 15.3 Å². The summed E-state index contributed by atoms with van der Waals surface area (Å²) in [6, 6.07) is 5.31. The summed E-state index contributed by atoms with van der Waals surface area (Å²) in [5.41, 5.74) is 8.64. The lowest BCUT2D eigenvalue weighted by molar-refractivity contribution is -0.121. The van der Waals surface area contributed by atoms with Crippen LogP contribution in [0, 0.1) is 0 Å². The summed E-state index contributed by atoms with van der Waals surface area (Å²) in [5.74, 6) is -0.148. The minimum atomic E-state index is -0.509. The number of H-pyrrole nitrogens is 1. The van der Waals surface area contributed by atoms with E-state index in [1.165, 1.54) is 0 Å². The minimum Gasteiger partial charge on any atom is -0.358 e. The maximum atomic E-state index is 11.3. The summed E-state index contributed by atoms with van der Waals surface area (Å²) in [7, 11) is 1.58. The molecule has 0 saturated carbocycles. The van der Waals surface area contributed by atoms with E-state index >= 15 is 0 Å². The zero-order valence-corrected chi connectivity index (χ0v) is 9.03. The van der Waals surface area contributed by atoms with Crippen molar-refractivity contribution in [2.75, 3.05) is 7.05 Å². The maximum absolute atomic E-state index is 11.3. The second kappa shape index (κ2) is 4.32. The molecule has 1 amide bonds. The van der Waals surface area contributed by atoms with Gasteiger partial charge in [0.15, 0.2) is 0 Å². The third kappa shape index (κ3) is 2.04. The average molecular weight is 218 g/mol. The van der Waals surface area contributed by atoms with Crippen LogP contribution in [0.4, 0.5) is 0 Å². The number of aromatic nitrogens is 2. The fourth-order valence-electron chi connectivity index (χ4n) is 1.64. The van der Waals surface area contributed by atoms with Gasteiger partial charge in [0.05, 0.1) is 23.4 Å². The molecule has 1 aromatic heterocycles. The van der Waals surface area contributed by atoms with Crippen LogP contribution in [0.25, 0.3) is 11.0 Å². The van der Waals surface area contributed by atoms with Gasteiger partial charge < -0.3 is 16.0 Å². The van der Waals surface area contributed by atoms with E-state index in [2.05, 4.69) is 15.3 Å². The van der Waals surface area contributed by atoms with Crippen LogP contribution < -0.4 is 11.1 Å². The second-order valence-corrected chi connectivity index (χ2v) is 3.68. The molecular formula is C11H14N4O. The average Bonchev–Trinajstić information content (AvgIpc) is 2.75. The number of nitrogens with two attached hydrogens (primary N) is 1. The lowest BCUT2D eigenvalue weighted by atomic mass is 10.1. The van der Waals surface area contributed by atoms with E-state index in [1.807, 2.05) is 18.2 Å². The number of carbonyl (C=O) groups is 1. The number of imidazole rings is 1. The molecular weight excluding hydrogens is 204 g/mol. The van der Waals surface area contributed by atoms with Crippen LogP contribution in [-0.2, 0) is 11.2 Å². The molecule has 1 atom stereocenters. The van der Waals surface area contributed by atoms with Crippen molar-refractivity contribution in [3.63, 3.8) is 0 Å². The molecule has 5 heteroatoms. The van der Waals surface area contributed by atoms with Gasteiger partial charge in [-0.3, -0.25) is 4.79 Å². The number of hydrogen-bond acceptors (Lipinski definition) is 3. The first-order valence-electron chi connectivity index (χ1n) is 5.10. The van der Waals surface area contributed by atoms with Crippen LogP contribution in [0.3, 0.4) is 0 Å². The Labute approximate surface area is 93.1 Å². The first kappa shape index (κ1) is 10.6.